The van der Waals surface area contributed by atoms with Crippen molar-refractivity contribution in [2.75, 3.05) is 33.2 Å². The molecule has 0 bridgehead atoms. The molecule has 2 heterocycles. The van der Waals surface area contributed by atoms with Crippen LogP contribution in [0.4, 0.5) is 0 Å². The summed E-state index contributed by atoms with van der Waals surface area (Å²) >= 11 is 7.19. The van der Waals surface area contributed by atoms with Crippen LogP contribution in [0.2, 0.25) is 0 Å². The van der Waals surface area contributed by atoms with E-state index < -0.39 is 0 Å². The van der Waals surface area contributed by atoms with Gasteiger partial charge >= 0.3 is 5.63 Å². The van der Waals surface area contributed by atoms with Gasteiger partial charge in [0.2, 0.25) is 0 Å². The van der Waals surface area contributed by atoms with Gasteiger partial charge in [-0.3, -0.25) is 0 Å². The maximum atomic E-state index is 11.7. The summed E-state index contributed by atoms with van der Waals surface area (Å²) in [5.41, 5.74) is 2.48. The van der Waals surface area contributed by atoms with Crippen molar-refractivity contribution in [2.45, 2.75) is 12.7 Å². The first kappa shape index (κ1) is 16.5. The van der Waals surface area contributed by atoms with Crippen molar-refractivity contribution in [2.24, 2.45) is 0 Å². The lowest BCUT2D eigenvalue weighted by Gasteiger charge is -2.33. The van der Waals surface area contributed by atoms with Gasteiger partial charge in [-0.15, -0.1) is 0 Å². The van der Waals surface area contributed by atoms with Gasteiger partial charge < -0.3 is 14.2 Å². The van der Waals surface area contributed by atoms with Gasteiger partial charge in [0.05, 0.1) is 0 Å². The normalized spacial score (nSPS) is 16.0. The van der Waals surface area contributed by atoms with Crippen LogP contribution < -0.4 is 5.63 Å². The molecule has 1 aromatic heterocycles. The van der Waals surface area contributed by atoms with Gasteiger partial charge in [0, 0.05) is 43.4 Å². The average Bonchev–Trinajstić information content (AvgIpc) is 2.53. The van der Waals surface area contributed by atoms with Crippen molar-refractivity contribution in [3.8, 4) is 0 Å². The molecule has 122 valence electrons. The average molecular weight is 348 g/mol. The zero-order valence-corrected chi connectivity index (χ0v) is 15.0. The van der Waals surface area contributed by atoms with Gasteiger partial charge in [-0.1, -0.05) is 35.6 Å². The van der Waals surface area contributed by atoms with E-state index in [2.05, 4.69) is 22.9 Å². The number of hydrogen-bond acceptors (Lipinski definition) is 5. The zero-order valence-electron chi connectivity index (χ0n) is 13.4. The molecule has 2 aromatic rings. The van der Waals surface area contributed by atoms with Crippen LogP contribution in [0.1, 0.15) is 11.1 Å². The third-order valence-corrected chi connectivity index (χ3v) is 5.67. The Hall–Kier alpha value is -1.37. The van der Waals surface area contributed by atoms with Gasteiger partial charge in [-0.25, -0.2) is 4.79 Å². The number of thioether (sulfide) groups is 1. The van der Waals surface area contributed by atoms with Crippen molar-refractivity contribution in [1.29, 1.82) is 0 Å². The molecule has 6 heteroatoms. The summed E-state index contributed by atoms with van der Waals surface area (Å²) in [5, 5.41) is 0.998. The predicted octanol–water partition coefficient (Wildman–Crippen LogP) is 2.87. The fourth-order valence-electron chi connectivity index (χ4n) is 2.68. The summed E-state index contributed by atoms with van der Waals surface area (Å²) in [4.78, 5) is 16.3. The molecular weight excluding hydrogens is 328 g/mol. The minimum atomic E-state index is -0.303. The number of likely N-dealkylation sites (N-methyl/N-ethyl adjacent to an activating group) is 1. The largest absolute Gasteiger partial charge is 0.423 e. The highest BCUT2D eigenvalue weighted by molar-refractivity contribution is 8.22. The van der Waals surface area contributed by atoms with Gasteiger partial charge in [0.15, 0.2) is 0 Å². The Labute approximate surface area is 145 Å². The Bertz CT molecular complexity index is 780. The van der Waals surface area contributed by atoms with Crippen molar-refractivity contribution >= 4 is 39.3 Å². The third-order valence-electron chi connectivity index (χ3n) is 4.10. The highest BCUT2D eigenvalue weighted by atomic mass is 32.2. The molecule has 4 nitrogen and oxygen atoms in total. The lowest BCUT2D eigenvalue weighted by molar-refractivity contribution is 0.220. The van der Waals surface area contributed by atoms with Crippen LogP contribution in [0, 0.1) is 6.92 Å². The summed E-state index contributed by atoms with van der Waals surface area (Å²) in [6, 6.07) is 7.46. The van der Waals surface area contributed by atoms with Gasteiger partial charge in [0.25, 0.3) is 0 Å². The molecule has 0 unspecified atom stereocenters. The Morgan fingerprint density at radius 3 is 2.74 bits per heavy atom. The van der Waals surface area contributed by atoms with Crippen molar-refractivity contribution < 1.29 is 4.42 Å². The number of nitrogens with zero attached hydrogens (tertiary/aromatic N) is 2. The number of fused-ring (bicyclic) bond motifs is 1. The molecule has 0 atom stereocenters. The fourth-order valence-corrected chi connectivity index (χ4v) is 3.92. The standard InChI is InChI=1S/C17H20N2O2S2/c1-12-3-4-15-14(9-12)13(10-16(20)21-15)11-23-17(22)19-7-5-18(2)6-8-19/h3-4,9-10H,5-8,11H2,1-2H3. The molecule has 1 aliphatic rings. The van der Waals surface area contributed by atoms with E-state index in [-0.39, 0.29) is 5.63 Å². The number of aryl methyl sites for hydroxylation is 1. The van der Waals surface area contributed by atoms with Crippen LogP contribution in [0.3, 0.4) is 0 Å². The van der Waals surface area contributed by atoms with Crippen molar-refractivity contribution in [3.63, 3.8) is 0 Å². The number of rotatable bonds is 2. The van der Waals surface area contributed by atoms with E-state index in [4.69, 9.17) is 16.6 Å². The molecule has 23 heavy (non-hydrogen) atoms. The van der Waals surface area contributed by atoms with Gasteiger partial charge in [-0.2, -0.15) is 0 Å². The van der Waals surface area contributed by atoms with E-state index >= 15 is 0 Å². The molecule has 1 aromatic carbocycles. The topological polar surface area (TPSA) is 36.7 Å². The molecule has 0 amide bonds. The SMILES string of the molecule is Cc1ccc2oc(=O)cc(CSC(=S)N3CCN(C)CC3)c2c1. The minimum absolute atomic E-state index is 0.303. The van der Waals surface area contributed by atoms with E-state index in [1.807, 2.05) is 19.1 Å². The van der Waals surface area contributed by atoms with Crippen molar-refractivity contribution in [3.05, 3.63) is 45.8 Å². The lowest BCUT2D eigenvalue weighted by atomic mass is 10.1. The van der Waals surface area contributed by atoms with E-state index in [1.54, 1.807) is 17.8 Å². The molecule has 0 N–H and O–H groups in total. The Morgan fingerprint density at radius 2 is 2.00 bits per heavy atom. The number of piperazine rings is 1. The van der Waals surface area contributed by atoms with Crippen LogP contribution in [0.25, 0.3) is 11.0 Å². The first-order valence-corrected chi connectivity index (χ1v) is 9.06. The highest BCUT2D eigenvalue weighted by Crippen LogP contribution is 2.24. The number of benzene rings is 1. The second-order valence-electron chi connectivity index (χ2n) is 5.94. The van der Waals surface area contributed by atoms with Crippen LogP contribution >= 0.6 is 24.0 Å². The van der Waals surface area contributed by atoms with Gasteiger partial charge in [0.1, 0.15) is 9.90 Å². The quantitative estimate of drug-likeness (QED) is 0.614. The molecule has 1 aliphatic heterocycles. The second-order valence-corrected chi connectivity index (χ2v) is 7.54. The van der Waals surface area contributed by atoms with E-state index in [0.29, 0.717) is 11.3 Å². The summed E-state index contributed by atoms with van der Waals surface area (Å²) in [6.45, 7) is 6.06. The predicted molar refractivity (Wildman–Crippen MR) is 100 cm³/mol. The van der Waals surface area contributed by atoms with Crippen LogP contribution in [0.15, 0.2) is 33.5 Å². The summed E-state index contributed by atoms with van der Waals surface area (Å²) in [6.07, 6.45) is 0. The van der Waals surface area contributed by atoms with E-state index in [9.17, 15) is 4.79 Å². The molecule has 0 radical (unpaired) electrons. The van der Waals surface area contributed by atoms with Crippen LogP contribution in [0.5, 0.6) is 0 Å². The summed E-state index contributed by atoms with van der Waals surface area (Å²) in [7, 11) is 2.13. The zero-order chi connectivity index (χ0) is 16.4. The molecule has 0 aliphatic carbocycles. The Morgan fingerprint density at radius 1 is 1.26 bits per heavy atom. The first-order valence-electron chi connectivity index (χ1n) is 7.66. The molecule has 0 spiro atoms. The van der Waals surface area contributed by atoms with Gasteiger partial charge in [-0.05, 0) is 31.7 Å². The fraction of sp³-hybridized carbons (Fsp3) is 0.412. The molecule has 3 rings (SSSR count). The summed E-state index contributed by atoms with van der Waals surface area (Å²) in [5.74, 6) is 0.691. The van der Waals surface area contributed by atoms with Crippen LogP contribution in [-0.4, -0.2) is 47.3 Å². The maximum absolute atomic E-state index is 11.7. The molecule has 0 saturated carbocycles. The minimum Gasteiger partial charge on any atom is -0.423 e. The molecular formula is C17H20N2O2S2. The number of hydrogen-bond donors (Lipinski definition) is 0. The number of thiocarbonyl (C=S) groups is 1. The molecule has 1 saturated heterocycles. The summed E-state index contributed by atoms with van der Waals surface area (Å²) < 4.78 is 6.19. The smallest absolute Gasteiger partial charge is 0.336 e. The second kappa shape index (κ2) is 7.03. The maximum Gasteiger partial charge on any atom is 0.336 e. The van der Waals surface area contributed by atoms with E-state index in [0.717, 1.165) is 47.0 Å². The third kappa shape index (κ3) is 3.94. The Kier molecular flexibility index (Phi) is 5.04. The first-order chi connectivity index (χ1) is 11.0. The van der Waals surface area contributed by atoms with E-state index in [1.165, 1.54) is 0 Å². The lowest BCUT2D eigenvalue weighted by Crippen LogP contribution is -2.45. The highest BCUT2D eigenvalue weighted by Gasteiger charge is 2.17. The monoisotopic (exact) mass is 348 g/mol. The van der Waals surface area contributed by atoms with Crippen molar-refractivity contribution in [1.82, 2.24) is 9.80 Å². The Balaban J connectivity index is 1.75. The van der Waals surface area contributed by atoms with Crippen LogP contribution in [-0.2, 0) is 5.75 Å². The molecule has 1 fully saturated rings.